The van der Waals surface area contributed by atoms with Crippen LogP contribution in [0.3, 0.4) is 0 Å². The highest BCUT2D eigenvalue weighted by Crippen LogP contribution is 2.41. The van der Waals surface area contributed by atoms with E-state index in [9.17, 15) is 0 Å². The number of ether oxygens (including phenoxy) is 1. The number of hydrogen-bond acceptors (Lipinski definition) is 5. The molecular formula is C14H12N2O2S. The summed E-state index contributed by atoms with van der Waals surface area (Å²) in [7, 11) is 1.63. The smallest absolute Gasteiger partial charge is 0.230 e. The Labute approximate surface area is 114 Å². The highest BCUT2D eigenvalue weighted by Gasteiger charge is 2.20. The lowest BCUT2D eigenvalue weighted by molar-refractivity contribution is 0.416. The first-order valence-electron chi connectivity index (χ1n) is 5.73. The van der Waals surface area contributed by atoms with Crippen LogP contribution in [0.1, 0.15) is 0 Å². The number of nitrogen functional groups attached to an aromatic ring is 1. The summed E-state index contributed by atoms with van der Waals surface area (Å²) in [4.78, 5) is 1.02. The molecule has 0 unspecified atom stereocenters. The molecule has 0 atom stereocenters. The van der Waals surface area contributed by atoms with Gasteiger partial charge in [-0.25, -0.2) is 0 Å². The predicted octanol–water partition coefficient (Wildman–Crippen LogP) is 3.66. The van der Waals surface area contributed by atoms with Gasteiger partial charge >= 0.3 is 0 Å². The average Bonchev–Trinajstić information content (AvgIpc) is 3.07. The zero-order valence-corrected chi connectivity index (χ0v) is 11.1. The molecule has 0 spiro atoms. The molecule has 3 rings (SSSR count). The summed E-state index contributed by atoms with van der Waals surface area (Å²) >= 11 is 1.59. The molecule has 3 aromatic rings. The number of nitrogens with zero attached hydrogens (tertiary/aromatic N) is 1. The molecule has 0 saturated heterocycles. The van der Waals surface area contributed by atoms with Crippen LogP contribution in [-0.2, 0) is 0 Å². The summed E-state index contributed by atoms with van der Waals surface area (Å²) in [5.41, 5.74) is 8.33. The molecule has 5 heteroatoms. The minimum absolute atomic E-state index is 0.299. The van der Waals surface area contributed by atoms with E-state index in [-0.39, 0.29) is 0 Å². The van der Waals surface area contributed by atoms with Gasteiger partial charge in [-0.2, -0.15) is 0 Å². The Kier molecular flexibility index (Phi) is 2.97. The van der Waals surface area contributed by atoms with Crippen molar-refractivity contribution in [1.82, 2.24) is 5.16 Å². The number of benzene rings is 1. The van der Waals surface area contributed by atoms with Crippen LogP contribution >= 0.6 is 11.3 Å². The van der Waals surface area contributed by atoms with E-state index >= 15 is 0 Å². The Morgan fingerprint density at radius 1 is 1.21 bits per heavy atom. The third kappa shape index (κ3) is 1.98. The first-order chi connectivity index (χ1) is 9.31. The fourth-order valence-electron chi connectivity index (χ4n) is 2.00. The molecular weight excluding hydrogens is 260 g/mol. The van der Waals surface area contributed by atoms with E-state index < -0.39 is 0 Å². The zero-order chi connectivity index (χ0) is 13.2. The molecule has 0 fully saturated rings. The number of methoxy groups -OCH3 is 1. The number of nitrogens with two attached hydrogens (primary N) is 1. The molecule has 0 saturated carbocycles. The second kappa shape index (κ2) is 4.78. The number of para-hydroxylation sites is 1. The SMILES string of the molecule is COc1ccccc1-c1c(-c2cccs2)noc1N. The first-order valence-corrected chi connectivity index (χ1v) is 6.61. The maximum Gasteiger partial charge on any atom is 0.230 e. The average molecular weight is 272 g/mol. The first kappa shape index (κ1) is 11.8. The Bertz CT molecular complexity index is 689. The van der Waals surface area contributed by atoms with Gasteiger partial charge in [0.1, 0.15) is 11.4 Å². The third-order valence-electron chi connectivity index (χ3n) is 2.85. The van der Waals surface area contributed by atoms with Crippen molar-refractivity contribution in [3.05, 3.63) is 41.8 Å². The largest absolute Gasteiger partial charge is 0.496 e. The third-order valence-corrected chi connectivity index (χ3v) is 3.73. The van der Waals surface area contributed by atoms with Gasteiger partial charge in [-0.15, -0.1) is 11.3 Å². The maximum absolute atomic E-state index is 5.92. The fraction of sp³-hybridized carbons (Fsp3) is 0.0714. The van der Waals surface area contributed by atoms with Gasteiger partial charge in [-0.3, -0.25) is 0 Å². The zero-order valence-electron chi connectivity index (χ0n) is 10.3. The maximum atomic E-state index is 5.92. The van der Waals surface area contributed by atoms with Crippen molar-refractivity contribution in [2.45, 2.75) is 0 Å². The Hall–Kier alpha value is -2.27. The van der Waals surface area contributed by atoms with Crippen LogP contribution in [0.2, 0.25) is 0 Å². The van der Waals surface area contributed by atoms with E-state index in [1.165, 1.54) is 0 Å². The van der Waals surface area contributed by atoms with Crippen LogP contribution in [-0.4, -0.2) is 12.3 Å². The molecule has 2 aromatic heterocycles. The van der Waals surface area contributed by atoms with Gasteiger partial charge in [0.05, 0.1) is 17.6 Å². The summed E-state index contributed by atoms with van der Waals surface area (Å²) in [6.07, 6.45) is 0. The number of thiophene rings is 1. The van der Waals surface area contributed by atoms with Crippen molar-refractivity contribution in [2.75, 3.05) is 12.8 Å². The van der Waals surface area contributed by atoms with Crippen LogP contribution in [0.25, 0.3) is 21.7 Å². The number of aromatic nitrogens is 1. The number of hydrogen-bond donors (Lipinski definition) is 1. The monoisotopic (exact) mass is 272 g/mol. The minimum Gasteiger partial charge on any atom is -0.496 e. The predicted molar refractivity (Wildman–Crippen MR) is 76.2 cm³/mol. The van der Waals surface area contributed by atoms with Gasteiger partial charge in [-0.05, 0) is 17.5 Å². The van der Waals surface area contributed by atoms with Crippen molar-refractivity contribution in [3.63, 3.8) is 0 Å². The van der Waals surface area contributed by atoms with Gasteiger partial charge in [0.15, 0.2) is 0 Å². The quantitative estimate of drug-likeness (QED) is 0.790. The fourth-order valence-corrected chi connectivity index (χ4v) is 2.71. The van der Waals surface area contributed by atoms with E-state index in [1.54, 1.807) is 18.4 Å². The van der Waals surface area contributed by atoms with Crippen LogP contribution in [0, 0.1) is 0 Å². The normalized spacial score (nSPS) is 10.6. The van der Waals surface area contributed by atoms with Gasteiger partial charge in [-0.1, -0.05) is 29.4 Å². The van der Waals surface area contributed by atoms with Crippen molar-refractivity contribution in [1.29, 1.82) is 0 Å². The molecule has 0 amide bonds. The topological polar surface area (TPSA) is 61.3 Å². The molecule has 0 bridgehead atoms. The van der Waals surface area contributed by atoms with Crippen molar-refractivity contribution >= 4 is 17.2 Å². The Balaban J connectivity index is 2.23. The molecule has 0 aliphatic heterocycles. The van der Waals surface area contributed by atoms with Crippen LogP contribution in [0.15, 0.2) is 46.3 Å². The van der Waals surface area contributed by atoms with E-state index in [1.807, 2.05) is 41.8 Å². The lowest BCUT2D eigenvalue weighted by atomic mass is 10.0. The molecule has 1 aromatic carbocycles. The molecule has 0 aliphatic rings. The Morgan fingerprint density at radius 3 is 2.79 bits per heavy atom. The van der Waals surface area contributed by atoms with Crippen molar-refractivity contribution in [2.24, 2.45) is 0 Å². The second-order valence-electron chi connectivity index (χ2n) is 3.95. The lowest BCUT2D eigenvalue weighted by Crippen LogP contribution is -1.91. The van der Waals surface area contributed by atoms with E-state index in [0.29, 0.717) is 5.88 Å². The summed E-state index contributed by atoms with van der Waals surface area (Å²) in [6, 6.07) is 11.6. The molecule has 0 radical (unpaired) electrons. The van der Waals surface area contributed by atoms with E-state index in [2.05, 4.69) is 5.16 Å². The summed E-state index contributed by atoms with van der Waals surface area (Å²) in [6.45, 7) is 0. The van der Waals surface area contributed by atoms with Crippen LogP contribution in [0.4, 0.5) is 5.88 Å². The Morgan fingerprint density at radius 2 is 2.05 bits per heavy atom. The van der Waals surface area contributed by atoms with Crippen molar-refractivity contribution in [3.8, 4) is 27.4 Å². The molecule has 4 nitrogen and oxygen atoms in total. The molecule has 19 heavy (non-hydrogen) atoms. The number of rotatable bonds is 3. The van der Waals surface area contributed by atoms with Crippen LogP contribution < -0.4 is 10.5 Å². The molecule has 2 N–H and O–H groups in total. The molecule has 2 heterocycles. The summed E-state index contributed by atoms with van der Waals surface area (Å²) in [5.74, 6) is 1.04. The molecule has 96 valence electrons. The highest BCUT2D eigenvalue weighted by molar-refractivity contribution is 7.13. The van der Waals surface area contributed by atoms with Crippen LogP contribution in [0.5, 0.6) is 5.75 Å². The van der Waals surface area contributed by atoms with Crippen molar-refractivity contribution < 1.29 is 9.26 Å². The summed E-state index contributed by atoms with van der Waals surface area (Å²) < 4.78 is 10.5. The summed E-state index contributed by atoms with van der Waals surface area (Å²) in [5, 5.41) is 6.06. The van der Waals surface area contributed by atoms with Gasteiger partial charge < -0.3 is 15.0 Å². The van der Waals surface area contributed by atoms with E-state index in [0.717, 1.165) is 27.4 Å². The van der Waals surface area contributed by atoms with Gasteiger partial charge in [0.2, 0.25) is 5.88 Å². The second-order valence-corrected chi connectivity index (χ2v) is 4.90. The van der Waals surface area contributed by atoms with E-state index in [4.69, 9.17) is 15.0 Å². The highest BCUT2D eigenvalue weighted by atomic mass is 32.1. The molecule has 0 aliphatic carbocycles. The van der Waals surface area contributed by atoms with Gasteiger partial charge in [0.25, 0.3) is 0 Å². The number of anilines is 1. The standard InChI is InChI=1S/C14H12N2O2S/c1-17-10-6-3-2-5-9(10)12-13(16-18-14(12)15)11-7-4-8-19-11/h2-8H,15H2,1H3. The lowest BCUT2D eigenvalue weighted by Gasteiger charge is -2.07. The van der Waals surface area contributed by atoms with Gasteiger partial charge in [0, 0.05) is 5.56 Å². The minimum atomic E-state index is 0.299.